The summed E-state index contributed by atoms with van der Waals surface area (Å²) in [6, 6.07) is 9.76. The minimum absolute atomic E-state index is 0.173. The van der Waals surface area contributed by atoms with Crippen LogP contribution in [0.25, 0.3) is 16.6 Å². The van der Waals surface area contributed by atoms with Gasteiger partial charge in [0, 0.05) is 37.1 Å². The smallest absolute Gasteiger partial charge is 0.273 e. The van der Waals surface area contributed by atoms with Crippen molar-refractivity contribution in [2.45, 2.75) is 6.92 Å². The van der Waals surface area contributed by atoms with Crippen LogP contribution in [0.3, 0.4) is 0 Å². The number of carbonyl (C=O) groups is 1. The van der Waals surface area contributed by atoms with Crippen LogP contribution in [0, 0.1) is 12.8 Å². The number of aromatic nitrogens is 4. The zero-order chi connectivity index (χ0) is 16.5. The normalized spacial score (nSPS) is 14.5. The Bertz CT molecular complexity index is 899. The Morgan fingerprint density at radius 3 is 3.04 bits per heavy atom. The van der Waals surface area contributed by atoms with Gasteiger partial charge in [-0.05, 0) is 31.2 Å². The molecule has 0 bridgehead atoms. The fourth-order valence-electron chi connectivity index (χ4n) is 2.79. The van der Waals surface area contributed by atoms with Gasteiger partial charge >= 0.3 is 0 Å². The van der Waals surface area contributed by atoms with E-state index in [0.717, 1.165) is 35.4 Å². The number of nitrogens with zero attached hydrogens (tertiary/aromatic N) is 4. The first-order chi connectivity index (χ1) is 11.7. The monoisotopic (exact) mass is 322 g/mol. The zero-order valence-electron chi connectivity index (χ0n) is 13.4. The van der Waals surface area contributed by atoms with Gasteiger partial charge in [-0.1, -0.05) is 11.3 Å². The number of hydrogen-bond donors (Lipinski definition) is 2. The maximum absolute atomic E-state index is 12.3. The van der Waals surface area contributed by atoms with E-state index in [-0.39, 0.29) is 5.91 Å². The summed E-state index contributed by atoms with van der Waals surface area (Å²) >= 11 is 0. The molecule has 1 fully saturated rings. The average Bonchev–Trinajstić information content (AvgIpc) is 2.94. The Morgan fingerprint density at radius 2 is 2.25 bits per heavy atom. The summed E-state index contributed by atoms with van der Waals surface area (Å²) in [7, 11) is 0. The molecule has 1 amide bonds. The number of fused-ring (bicyclic) bond motifs is 1. The van der Waals surface area contributed by atoms with Crippen LogP contribution in [0.2, 0.25) is 0 Å². The van der Waals surface area contributed by atoms with Crippen LogP contribution in [0.5, 0.6) is 0 Å². The molecule has 24 heavy (non-hydrogen) atoms. The van der Waals surface area contributed by atoms with Gasteiger partial charge in [0.2, 0.25) is 0 Å². The summed E-state index contributed by atoms with van der Waals surface area (Å²) in [5.74, 6) is 0.338. The number of amides is 1. The molecule has 3 heterocycles. The molecule has 0 unspecified atom stereocenters. The highest BCUT2D eigenvalue weighted by atomic mass is 16.2. The lowest BCUT2D eigenvalue weighted by Crippen LogP contribution is -2.48. The van der Waals surface area contributed by atoms with E-state index >= 15 is 0 Å². The Kier molecular flexibility index (Phi) is 3.70. The van der Waals surface area contributed by atoms with Gasteiger partial charge in [0.05, 0.1) is 16.9 Å². The SMILES string of the molecule is Cc1c(C(=O)NCC2CNC2)nnn1-c1ccc2ncccc2c1. The second-order valence-electron chi connectivity index (χ2n) is 6.05. The lowest BCUT2D eigenvalue weighted by Gasteiger charge is -2.26. The van der Waals surface area contributed by atoms with Gasteiger partial charge < -0.3 is 10.6 Å². The van der Waals surface area contributed by atoms with Gasteiger partial charge in [0.15, 0.2) is 5.69 Å². The maximum Gasteiger partial charge on any atom is 0.273 e. The fraction of sp³-hybridized carbons (Fsp3) is 0.294. The molecule has 1 saturated heterocycles. The van der Waals surface area contributed by atoms with E-state index in [2.05, 4.69) is 25.9 Å². The molecule has 0 radical (unpaired) electrons. The highest BCUT2D eigenvalue weighted by molar-refractivity contribution is 5.93. The number of rotatable bonds is 4. The van der Waals surface area contributed by atoms with E-state index in [4.69, 9.17) is 0 Å². The number of nitrogens with one attached hydrogen (secondary N) is 2. The fourth-order valence-corrected chi connectivity index (χ4v) is 2.79. The molecule has 1 aliphatic heterocycles. The Labute approximate surface area is 139 Å². The maximum atomic E-state index is 12.3. The lowest BCUT2D eigenvalue weighted by atomic mass is 10.0. The summed E-state index contributed by atoms with van der Waals surface area (Å²) in [5, 5.41) is 15.4. The Hall–Kier alpha value is -2.80. The summed E-state index contributed by atoms with van der Waals surface area (Å²) in [4.78, 5) is 16.6. The van der Waals surface area contributed by atoms with E-state index < -0.39 is 0 Å². The second kappa shape index (κ2) is 6.01. The predicted octanol–water partition coefficient (Wildman–Crippen LogP) is 1.07. The lowest BCUT2D eigenvalue weighted by molar-refractivity contribution is 0.0936. The highest BCUT2D eigenvalue weighted by Gasteiger charge is 2.21. The third kappa shape index (κ3) is 2.63. The van der Waals surface area contributed by atoms with Crippen molar-refractivity contribution in [3.8, 4) is 5.69 Å². The number of carbonyl (C=O) groups excluding carboxylic acids is 1. The van der Waals surface area contributed by atoms with Crippen LogP contribution in [-0.4, -0.2) is 45.5 Å². The van der Waals surface area contributed by atoms with E-state index in [0.29, 0.717) is 18.2 Å². The molecular formula is C17H18N6O. The van der Waals surface area contributed by atoms with Gasteiger partial charge in [-0.3, -0.25) is 9.78 Å². The average molecular weight is 322 g/mol. The van der Waals surface area contributed by atoms with Crippen LogP contribution >= 0.6 is 0 Å². The molecule has 2 N–H and O–H groups in total. The van der Waals surface area contributed by atoms with Crippen molar-refractivity contribution < 1.29 is 4.79 Å². The van der Waals surface area contributed by atoms with Crippen LogP contribution in [0.1, 0.15) is 16.2 Å². The van der Waals surface area contributed by atoms with Gasteiger partial charge in [-0.15, -0.1) is 5.10 Å². The van der Waals surface area contributed by atoms with Crippen molar-refractivity contribution >= 4 is 16.8 Å². The van der Waals surface area contributed by atoms with Crippen LogP contribution < -0.4 is 10.6 Å². The van der Waals surface area contributed by atoms with Crippen molar-refractivity contribution in [1.29, 1.82) is 0 Å². The third-order valence-electron chi connectivity index (χ3n) is 4.36. The van der Waals surface area contributed by atoms with Crippen molar-refractivity contribution in [3.05, 3.63) is 47.9 Å². The summed E-state index contributed by atoms with van der Waals surface area (Å²) in [5.41, 5.74) is 2.88. The summed E-state index contributed by atoms with van der Waals surface area (Å²) < 4.78 is 1.69. The third-order valence-corrected chi connectivity index (χ3v) is 4.36. The minimum atomic E-state index is -0.173. The van der Waals surface area contributed by atoms with E-state index in [1.54, 1.807) is 10.9 Å². The first-order valence-corrected chi connectivity index (χ1v) is 7.99. The van der Waals surface area contributed by atoms with Crippen LogP contribution in [-0.2, 0) is 0 Å². The van der Waals surface area contributed by atoms with Gasteiger partial charge in [0.25, 0.3) is 5.91 Å². The van der Waals surface area contributed by atoms with E-state index in [1.807, 2.05) is 37.3 Å². The number of benzene rings is 1. The topological polar surface area (TPSA) is 84.7 Å². The summed E-state index contributed by atoms with van der Waals surface area (Å²) in [6.07, 6.45) is 1.77. The molecular weight excluding hydrogens is 304 g/mol. The van der Waals surface area contributed by atoms with Gasteiger partial charge in [-0.25, -0.2) is 4.68 Å². The minimum Gasteiger partial charge on any atom is -0.350 e. The molecule has 7 nitrogen and oxygen atoms in total. The second-order valence-corrected chi connectivity index (χ2v) is 6.05. The largest absolute Gasteiger partial charge is 0.350 e. The van der Waals surface area contributed by atoms with Crippen molar-refractivity contribution in [3.63, 3.8) is 0 Å². The van der Waals surface area contributed by atoms with Crippen molar-refractivity contribution in [2.75, 3.05) is 19.6 Å². The molecule has 7 heteroatoms. The molecule has 4 rings (SSSR count). The zero-order valence-corrected chi connectivity index (χ0v) is 13.4. The molecule has 0 atom stereocenters. The van der Waals surface area contributed by atoms with Gasteiger partial charge in [-0.2, -0.15) is 0 Å². The first kappa shape index (κ1) is 14.8. The van der Waals surface area contributed by atoms with Crippen LogP contribution in [0.4, 0.5) is 0 Å². The molecule has 122 valence electrons. The standard InChI is InChI=1S/C17H18N6O/c1-11-16(17(24)20-10-12-8-18-9-12)21-22-23(11)14-4-5-15-13(7-14)3-2-6-19-15/h2-7,12,18H,8-10H2,1H3,(H,20,24). The number of pyridine rings is 1. The molecule has 1 aliphatic rings. The summed E-state index contributed by atoms with van der Waals surface area (Å²) in [6.45, 7) is 4.43. The molecule has 0 spiro atoms. The van der Waals surface area contributed by atoms with E-state index in [1.165, 1.54) is 0 Å². The molecule has 2 aromatic heterocycles. The molecule has 0 saturated carbocycles. The highest BCUT2D eigenvalue weighted by Crippen LogP contribution is 2.18. The first-order valence-electron chi connectivity index (χ1n) is 7.99. The van der Waals surface area contributed by atoms with Gasteiger partial charge in [0.1, 0.15) is 0 Å². The predicted molar refractivity (Wildman–Crippen MR) is 90.1 cm³/mol. The van der Waals surface area contributed by atoms with E-state index in [9.17, 15) is 4.79 Å². The molecule has 3 aromatic rings. The van der Waals surface area contributed by atoms with Crippen LogP contribution in [0.15, 0.2) is 36.5 Å². The molecule has 0 aliphatic carbocycles. The quantitative estimate of drug-likeness (QED) is 0.751. The molecule has 1 aromatic carbocycles. The Morgan fingerprint density at radius 1 is 1.38 bits per heavy atom. The van der Waals surface area contributed by atoms with Crippen molar-refractivity contribution in [2.24, 2.45) is 5.92 Å². The Balaban J connectivity index is 1.59. The number of hydrogen-bond acceptors (Lipinski definition) is 5. The van der Waals surface area contributed by atoms with Crippen molar-refractivity contribution in [1.82, 2.24) is 30.6 Å².